The predicted molar refractivity (Wildman–Crippen MR) is 74.3 cm³/mol. The summed E-state index contributed by atoms with van der Waals surface area (Å²) in [6.45, 7) is 7.03. The molecule has 0 aliphatic rings. The summed E-state index contributed by atoms with van der Waals surface area (Å²) in [6.07, 6.45) is 0. The van der Waals surface area contributed by atoms with Crippen LogP contribution in [0.3, 0.4) is 0 Å². The van der Waals surface area contributed by atoms with Crippen molar-refractivity contribution in [3.8, 4) is 11.5 Å². The van der Waals surface area contributed by atoms with Gasteiger partial charge in [0.1, 0.15) is 11.5 Å². The monoisotopic (exact) mass is 280 g/mol. The molecule has 1 aromatic rings. The highest BCUT2D eigenvalue weighted by Gasteiger charge is 2.16. The fourth-order valence-electron chi connectivity index (χ4n) is 1.78. The third-order valence-electron chi connectivity index (χ3n) is 2.78. The lowest BCUT2D eigenvalue weighted by Crippen LogP contribution is -2.15. The van der Waals surface area contributed by atoms with Gasteiger partial charge < -0.3 is 14.6 Å². The molecule has 0 aliphatic carbocycles. The van der Waals surface area contributed by atoms with Crippen LogP contribution in [0.15, 0.2) is 12.1 Å². The molecule has 0 atom stereocenters. The van der Waals surface area contributed by atoms with E-state index in [1.54, 1.807) is 13.0 Å². The van der Waals surface area contributed by atoms with Crippen LogP contribution in [0.1, 0.15) is 49.5 Å². The zero-order valence-electron chi connectivity index (χ0n) is 12.2. The molecule has 0 radical (unpaired) electrons. The normalized spacial score (nSPS) is 10.4. The predicted octanol–water partition coefficient (Wildman–Crippen LogP) is 2.66. The second kappa shape index (κ2) is 6.93. The Bertz CT molecular complexity index is 505. The molecule has 0 aliphatic heterocycles. The molecule has 5 heteroatoms. The van der Waals surface area contributed by atoms with Crippen molar-refractivity contribution < 1.29 is 24.2 Å². The van der Waals surface area contributed by atoms with Crippen molar-refractivity contribution in [1.82, 2.24) is 0 Å². The van der Waals surface area contributed by atoms with Crippen molar-refractivity contribution in [2.24, 2.45) is 0 Å². The van der Waals surface area contributed by atoms with E-state index >= 15 is 0 Å². The van der Waals surface area contributed by atoms with Crippen LogP contribution in [0.5, 0.6) is 11.5 Å². The summed E-state index contributed by atoms with van der Waals surface area (Å²) < 4.78 is 10.2. The highest BCUT2D eigenvalue weighted by Crippen LogP contribution is 2.33. The summed E-state index contributed by atoms with van der Waals surface area (Å²) in [5.41, 5.74) is 1.01. The van der Waals surface area contributed by atoms with Crippen molar-refractivity contribution >= 4 is 11.8 Å². The lowest BCUT2D eigenvalue weighted by molar-refractivity contribution is -0.145. The van der Waals surface area contributed by atoms with Crippen LogP contribution < -0.4 is 4.74 Å². The highest BCUT2D eigenvalue weighted by atomic mass is 16.6. The van der Waals surface area contributed by atoms with Gasteiger partial charge in [0.2, 0.25) is 0 Å². The number of phenolic OH excluding ortho intramolecular Hbond substituents is 1. The molecular weight excluding hydrogens is 260 g/mol. The second-order valence-electron chi connectivity index (χ2n) is 4.71. The Morgan fingerprint density at radius 3 is 2.45 bits per heavy atom. The van der Waals surface area contributed by atoms with Gasteiger partial charge in [0.05, 0.1) is 12.2 Å². The molecule has 0 aromatic heterocycles. The van der Waals surface area contributed by atoms with E-state index in [4.69, 9.17) is 9.47 Å². The third kappa shape index (κ3) is 3.98. The van der Waals surface area contributed by atoms with Crippen molar-refractivity contribution in [1.29, 1.82) is 0 Å². The topological polar surface area (TPSA) is 72.8 Å². The third-order valence-corrected chi connectivity index (χ3v) is 2.78. The number of hydrogen-bond donors (Lipinski definition) is 1. The molecule has 1 rings (SSSR count). The molecule has 0 saturated heterocycles. The number of carbonyl (C=O) groups excluding carboxylic acids is 2. The van der Waals surface area contributed by atoms with E-state index in [0.717, 1.165) is 5.56 Å². The molecule has 0 fully saturated rings. The number of rotatable bonds is 6. The van der Waals surface area contributed by atoms with E-state index < -0.39 is 5.97 Å². The summed E-state index contributed by atoms with van der Waals surface area (Å²) in [5, 5.41) is 9.82. The highest BCUT2D eigenvalue weighted by molar-refractivity contribution is 5.97. The number of carbonyl (C=O) groups is 2. The fraction of sp³-hybridized carbons (Fsp3) is 0.467. The van der Waals surface area contributed by atoms with E-state index in [1.807, 2.05) is 13.8 Å². The van der Waals surface area contributed by atoms with Crippen molar-refractivity contribution in [2.75, 3.05) is 13.2 Å². The lowest BCUT2D eigenvalue weighted by atomic mass is 9.97. The summed E-state index contributed by atoms with van der Waals surface area (Å²) in [7, 11) is 0. The average Bonchev–Trinajstić information content (AvgIpc) is 2.35. The minimum absolute atomic E-state index is 0.0888. The van der Waals surface area contributed by atoms with Gasteiger partial charge in [-0.05, 0) is 31.4 Å². The number of benzene rings is 1. The Kier molecular flexibility index (Phi) is 5.55. The molecule has 110 valence electrons. The van der Waals surface area contributed by atoms with Gasteiger partial charge in [-0.1, -0.05) is 13.8 Å². The number of ether oxygens (including phenoxy) is 2. The zero-order chi connectivity index (χ0) is 15.3. The fourth-order valence-corrected chi connectivity index (χ4v) is 1.78. The molecule has 0 bridgehead atoms. The molecule has 5 nitrogen and oxygen atoms in total. The van der Waals surface area contributed by atoms with Gasteiger partial charge in [0, 0.05) is 6.07 Å². The van der Waals surface area contributed by atoms with Crippen LogP contribution >= 0.6 is 0 Å². The molecule has 0 saturated carbocycles. The molecule has 0 heterocycles. The Balaban J connectivity index is 3.03. The quantitative estimate of drug-likeness (QED) is 0.640. The van der Waals surface area contributed by atoms with Gasteiger partial charge in [-0.2, -0.15) is 0 Å². The van der Waals surface area contributed by atoms with Crippen LogP contribution in [-0.4, -0.2) is 30.1 Å². The molecule has 0 spiro atoms. The number of phenols is 1. The summed E-state index contributed by atoms with van der Waals surface area (Å²) >= 11 is 0. The lowest BCUT2D eigenvalue weighted by Gasteiger charge is -2.15. The van der Waals surface area contributed by atoms with Crippen molar-refractivity contribution in [3.63, 3.8) is 0 Å². The number of Topliss-reactive ketones (excluding diaryl/α,β-unsaturated/α-hetero) is 1. The first-order valence-corrected chi connectivity index (χ1v) is 6.53. The number of esters is 1. The largest absolute Gasteiger partial charge is 0.507 e. The standard InChI is InChI=1S/C15H20O5/c1-5-19-15(18)8-20-14-7-13(17)12(10(4)16)6-11(14)9(2)3/h6-7,9,17H,5,8H2,1-4H3. The summed E-state index contributed by atoms with van der Waals surface area (Å²) in [4.78, 5) is 22.7. The molecule has 1 N–H and O–H groups in total. The maximum Gasteiger partial charge on any atom is 0.344 e. The van der Waals surface area contributed by atoms with Crippen molar-refractivity contribution in [3.05, 3.63) is 23.3 Å². The minimum Gasteiger partial charge on any atom is -0.507 e. The first kappa shape index (κ1) is 16.0. The zero-order valence-corrected chi connectivity index (χ0v) is 12.2. The molecule has 1 aromatic carbocycles. The van der Waals surface area contributed by atoms with E-state index in [-0.39, 0.29) is 36.2 Å². The van der Waals surface area contributed by atoms with Gasteiger partial charge in [-0.15, -0.1) is 0 Å². The van der Waals surface area contributed by atoms with Gasteiger partial charge in [0.25, 0.3) is 0 Å². The van der Waals surface area contributed by atoms with Crippen LogP contribution in [0.4, 0.5) is 0 Å². The SMILES string of the molecule is CCOC(=O)COc1cc(O)c(C(C)=O)cc1C(C)C. The number of ketones is 1. The average molecular weight is 280 g/mol. The van der Waals surface area contributed by atoms with Gasteiger partial charge in [-0.25, -0.2) is 4.79 Å². The molecule has 0 unspecified atom stereocenters. The molecule has 0 amide bonds. The second-order valence-corrected chi connectivity index (χ2v) is 4.71. The van der Waals surface area contributed by atoms with Gasteiger partial charge in [0.15, 0.2) is 12.4 Å². The Morgan fingerprint density at radius 2 is 1.95 bits per heavy atom. The summed E-state index contributed by atoms with van der Waals surface area (Å²) in [6, 6.07) is 2.97. The Morgan fingerprint density at radius 1 is 1.30 bits per heavy atom. The van der Waals surface area contributed by atoms with E-state index in [1.165, 1.54) is 13.0 Å². The first-order chi connectivity index (χ1) is 9.36. The smallest absolute Gasteiger partial charge is 0.344 e. The summed E-state index contributed by atoms with van der Waals surface area (Å²) in [5.74, 6) is -0.374. The maximum absolute atomic E-state index is 11.4. The maximum atomic E-state index is 11.4. The molecule has 20 heavy (non-hydrogen) atoms. The first-order valence-electron chi connectivity index (χ1n) is 6.53. The molecular formula is C15H20O5. The van der Waals surface area contributed by atoms with Gasteiger partial charge >= 0.3 is 5.97 Å². The van der Waals surface area contributed by atoms with Crippen LogP contribution in [0, 0.1) is 0 Å². The van der Waals surface area contributed by atoms with E-state index in [2.05, 4.69) is 0 Å². The van der Waals surface area contributed by atoms with E-state index in [9.17, 15) is 14.7 Å². The van der Waals surface area contributed by atoms with Gasteiger partial charge in [-0.3, -0.25) is 4.79 Å². The Labute approximate surface area is 118 Å². The minimum atomic E-state index is -0.475. The van der Waals surface area contributed by atoms with Crippen LogP contribution in [0.2, 0.25) is 0 Å². The van der Waals surface area contributed by atoms with E-state index in [0.29, 0.717) is 5.75 Å². The van der Waals surface area contributed by atoms with Crippen LogP contribution in [0.25, 0.3) is 0 Å². The van der Waals surface area contributed by atoms with Crippen LogP contribution in [-0.2, 0) is 9.53 Å². The van der Waals surface area contributed by atoms with Crippen molar-refractivity contribution in [2.45, 2.75) is 33.6 Å². The Hall–Kier alpha value is -2.04. The number of hydrogen-bond acceptors (Lipinski definition) is 5. The number of aromatic hydroxyl groups is 1.